The zero-order valence-corrected chi connectivity index (χ0v) is 14.8. The summed E-state index contributed by atoms with van der Waals surface area (Å²) in [5.41, 5.74) is 2.43. The van der Waals surface area contributed by atoms with Crippen LogP contribution in [0, 0.1) is 0 Å². The molecule has 0 fully saturated rings. The molecule has 0 saturated carbocycles. The summed E-state index contributed by atoms with van der Waals surface area (Å²) in [6.45, 7) is 11.8. The average Bonchev–Trinajstić information content (AvgIpc) is 2.57. The van der Waals surface area contributed by atoms with Crippen LogP contribution in [0.15, 0.2) is 41.9 Å². The van der Waals surface area contributed by atoms with Crippen molar-refractivity contribution in [1.29, 1.82) is 0 Å². The fourth-order valence-electron chi connectivity index (χ4n) is 2.27. The van der Waals surface area contributed by atoms with Gasteiger partial charge in [-0.15, -0.1) is 6.58 Å². The van der Waals surface area contributed by atoms with Crippen LogP contribution in [-0.2, 0) is 17.9 Å². The standard InChI is InChI=1S/C19H31N3O/c1-5-8-11-14-22(4)19(20-6-2)21-15-17-12-9-10-13-18(17)16-23-7-3/h5,9-10,12-13H,1,6-8,11,14-16H2,2-4H3,(H,20,21). The van der Waals surface area contributed by atoms with Gasteiger partial charge in [-0.2, -0.15) is 0 Å². The highest BCUT2D eigenvalue weighted by Gasteiger charge is 2.06. The van der Waals surface area contributed by atoms with Gasteiger partial charge in [0.2, 0.25) is 0 Å². The van der Waals surface area contributed by atoms with E-state index in [0.717, 1.165) is 38.5 Å². The molecule has 0 aromatic heterocycles. The highest BCUT2D eigenvalue weighted by molar-refractivity contribution is 5.79. The predicted molar refractivity (Wildman–Crippen MR) is 98.6 cm³/mol. The molecule has 0 aliphatic heterocycles. The maximum absolute atomic E-state index is 5.54. The second-order valence-electron chi connectivity index (χ2n) is 5.43. The van der Waals surface area contributed by atoms with Gasteiger partial charge in [0, 0.05) is 26.7 Å². The van der Waals surface area contributed by atoms with Gasteiger partial charge in [0.25, 0.3) is 0 Å². The fraction of sp³-hybridized carbons (Fsp3) is 0.526. The summed E-state index contributed by atoms with van der Waals surface area (Å²) >= 11 is 0. The van der Waals surface area contributed by atoms with Crippen LogP contribution in [-0.4, -0.2) is 37.6 Å². The molecule has 0 saturated heterocycles. The number of allylic oxidation sites excluding steroid dienone is 1. The third kappa shape index (κ3) is 7.33. The van der Waals surface area contributed by atoms with Crippen molar-refractivity contribution >= 4 is 5.96 Å². The van der Waals surface area contributed by atoms with Gasteiger partial charge >= 0.3 is 0 Å². The summed E-state index contributed by atoms with van der Waals surface area (Å²) < 4.78 is 5.54. The number of unbranched alkanes of at least 4 members (excludes halogenated alkanes) is 1. The molecule has 0 spiro atoms. The first kappa shape index (κ1) is 19.2. The van der Waals surface area contributed by atoms with Crippen molar-refractivity contribution in [2.45, 2.75) is 39.8 Å². The highest BCUT2D eigenvalue weighted by atomic mass is 16.5. The number of aliphatic imine (C=N–C) groups is 1. The molecule has 0 radical (unpaired) electrons. The minimum absolute atomic E-state index is 0.647. The van der Waals surface area contributed by atoms with Crippen molar-refractivity contribution in [3.05, 3.63) is 48.0 Å². The molecule has 0 atom stereocenters. The highest BCUT2D eigenvalue weighted by Crippen LogP contribution is 2.12. The number of ether oxygens (including phenoxy) is 1. The molecule has 1 aromatic carbocycles. The van der Waals surface area contributed by atoms with Crippen LogP contribution in [0.1, 0.15) is 37.8 Å². The van der Waals surface area contributed by atoms with Crippen molar-refractivity contribution in [1.82, 2.24) is 10.2 Å². The Balaban J connectivity index is 2.74. The Kier molecular flexibility index (Phi) is 9.80. The summed E-state index contributed by atoms with van der Waals surface area (Å²) in [5.74, 6) is 0.947. The Hall–Kier alpha value is -1.81. The van der Waals surface area contributed by atoms with E-state index in [4.69, 9.17) is 9.73 Å². The molecule has 128 valence electrons. The van der Waals surface area contributed by atoms with Gasteiger partial charge in [-0.3, -0.25) is 0 Å². The summed E-state index contributed by atoms with van der Waals surface area (Å²) in [5, 5.41) is 3.36. The molecule has 0 amide bonds. The molecule has 1 aromatic rings. The lowest BCUT2D eigenvalue weighted by molar-refractivity contribution is 0.133. The lowest BCUT2D eigenvalue weighted by atomic mass is 10.1. The van der Waals surface area contributed by atoms with Crippen LogP contribution < -0.4 is 5.32 Å². The summed E-state index contributed by atoms with van der Waals surface area (Å²) in [4.78, 5) is 6.96. The Morgan fingerprint density at radius 3 is 2.70 bits per heavy atom. The number of hydrogen-bond acceptors (Lipinski definition) is 2. The third-order valence-corrected chi connectivity index (χ3v) is 3.58. The van der Waals surface area contributed by atoms with Crippen LogP contribution in [0.3, 0.4) is 0 Å². The third-order valence-electron chi connectivity index (χ3n) is 3.58. The van der Waals surface area contributed by atoms with Crippen LogP contribution >= 0.6 is 0 Å². The van der Waals surface area contributed by atoms with E-state index >= 15 is 0 Å². The Bertz CT molecular complexity index is 485. The van der Waals surface area contributed by atoms with Gasteiger partial charge in [-0.1, -0.05) is 30.3 Å². The second-order valence-corrected chi connectivity index (χ2v) is 5.43. The maximum atomic E-state index is 5.54. The number of rotatable bonds is 10. The van der Waals surface area contributed by atoms with E-state index in [1.54, 1.807) is 0 Å². The Morgan fingerprint density at radius 1 is 1.30 bits per heavy atom. The van der Waals surface area contributed by atoms with Gasteiger partial charge in [-0.25, -0.2) is 4.99 Å². The minimum atomic E-state index is 0.647. The van der Waals surface area contributed by atoms with Gasteiger partial charge in [-0.05, 0) is 37.8 Å². The fourth-order valence-corrected chi connectivity index (χ4v) is 2.27. The van der Waals surface area contributed by atoms with Crippen LogP contribution in [0.2, 0.25) is 0 Å². The first-order chi connectivity index (χ1) is 11.2. The van der Waals surface area contributed by atoms with Gasteiger partial charge in [0.1, 0.15) is 0 Å². The number of guanidine groups is 1. The molecule has 0 heterocycles. The largest absolute Gasteiger partial charge is 0.377 e. The molecule has 1 rings (SSSR count). The van der Waals surface area contributed by atoms with E-state index in [1.165, 1.54) is 11.1 Å². The molecule has 4 nitrogen and oxygen atoms in total. The molecule has 0 bridgehead atoms. The first-order valence-electron chi connectivity index (χ1n) is 8.47. The van der Waals surface area contributed by atoms with E-state index in [2.05, 4.69) is 49.0 Å². The monoisotopic (exact) mass is 317 g/mol. The lowest BCUT2D eigenvalue weighted by Crippen LogP contribution is -2.39. The molecule has 1 N–H and O–H groups in total. The zero-order valence-electron chi connectivity index (χ0n) is 14.8. The summed E-state index contributed by atoms with van der Waals surface area (Å²) in [6.07, 6.45) is 4.08. The molecule has 23 heavy (non-hydrogen) atoms. The van der Waals surface area contributed by atoms with Crippen molar-refractivity contribution in [2.24, 2.45) is 4.99 Å². The van der Waals surface area contributed by atoms with Crippen molar-refractivity contribution in [2.75, 3.05) is 26.7 Å². The lowest BCUT2D eigenvalue weighted by Gasteiger charge is -2.22. The van der Waals surface area contributed by atoms with Gasteiger partial charge < -0.3 is 15.0 Å². The number of hydrogen-bond donors (Lipinski definition) is 1. The number of benzene rings is 1. The minimum Gasteiger partial charge on any atom is -0.377 e. The molecular formula is C19H31N3O. The summed E-state index contributed by atoms with van der Waals surface area (Å²) in [7, 11) is 2.08. The van der Waals surface area contributed by atoms with Gasteiger partial charge in [0.05, 0.1) is 13.2 Å². The van der Waals surface area contributed by atoms with Crippen LogP contribution in [0.25, 0.3) is 0 Å². The van der Waals surface area contributed by atoms with E-state index in [0.29, 0.717) is 13.2 Å². The molecule has 0 aliphatic carbocycles. The Labute approximate surface area is 141 Å². The van der Waals surface area contributed by atoms with Crippen LogP contribution in [0.4, 0.5) is 0 Å². The maximum Gasteiger partial charge on any atom is 0.193 e. The van der Waals surface area contributed by atoms with Crippen molar-refractivity contribution < 1.29 is 4.74 Å². The summed E-state index contributed by atoms with van der Waals surface area (Å²) in [6, 6.07) is 8.34. The van der Waals surface area contributed by atoms with E-state index < -0.39 is 0 Å². The SMILES string of the molecule is C=CCCCN(C)C(=NCc1ccccc1COCC)NCC. The predicted octanol–water partition coefficient (Wildman–Crippen LogP) is 3.59. The zero-order chi connectivity index (χ0) is 16.9. The van der Waals surface area contributed by atoms with E-state index in [9.17, 15) is 0 Å². The number of nitrogens with one attached hydrogen (secondary N) is 1. The van der Waals surface area contributed by atoms with E-state index in [1.807, 2.05) is 19.1 Å². The quantitative estimate of drug-likeness (QED) is 0.310. The topological polar surface area (TPSA) is 36.9 Å². The van der Waals surface area contributed by atoms with Crippen molar-refractivity contribution in [3.8, 4) is 0 Å². The van der Waals surface area contributed by atoms with Crippen molar-refractivity contribution in [3.63, 3.8) is 0 Å². The number of nitrogens with zero attached hydrogens (tertiary/aromatic N) is 2. The average molecular weight is 317 g/mol. The van der Waals surface area contributed by atoms with Crippen LogP contribution in [0.5, 0.6) is 0 Å². The first-order valence-corrected chi connectivity index (χ1v) is 8.47. The normalized spacial score (nSPS) is 11.3. The molecule has 0 unspecified atom stereocenters. The van der Waals surface area contributed by atoms with E-state index in [-0.39, 0.29) is 0 Å². The molecule has 4 heteroatoms. The molecule has 0 aliphatic rings. The second kappa shape index (κ2) is 11.7. The Morgan fingerprint density at radius 2 is 2.04 bits per heavy atom. The van der Waals surface area contributed by atoms with Gasteiger partial charge in [0.15, 0.2) is 5.96 Å². The smallest absolute Gasteiger partial charge is 0.193 e. The molecular weight excluding hydrogens is 286 g/mol.